The molecule has 2 aromatic heterocycles. The number of aliphatic hydroxyl groups is 1. The molecule has 0 fully saturated rings. The lowest BCUT2D eigenvalue weighted by molar-refractivity contribution is 0.0312. The van der Waals surface area contributed by atoms with Crippen molar-refractivity contribution in [2.45, 2.75) is 53.8 Å². The van der Waals surface area contributed by atoms with Gasteiger partial charge in [0.15, 0.2) is 6.10 Å². The molecular formula is C24H28N2O4. The number of nitrogens with one attached hydrogen (secondary N) is 1. The number of aromatic amines is 1. The highest BCUT2D eigenvalue weighted by Gasteiger charge is 2.27. The van der Waals surface area contributed by atoms with Crippen LogP contribution in [0, 0.1) is 27.7 Å². The summed E-state index contributed by atoms with van der Waals surface area (Å²) in [6.07, 6.45) is -1.65. The van der Waals surface area contributed by atoms with Gasteiger partial charge in [-0.2, -0.15) is 0 Å². The van der Waals surface area contributed by atoms with Gasteiger partial charge in [-0.25, -0.2) is 4.79 Å². The van der Waals surface area contributed by atoms with Gasteiger partial charge < -0.3 is 19.4 Å². The summed E-state index contributed by atoms with van der Waals surface area (Å²) in [5.41, 5.74) is 5.51. The minimum absolute atomic E-state index is 0.254. The molecule has 0 aliphatic rings. The molecule has 1 aromatic carbocycles. The lowest BCUT2D eigenvalue weighted by Crippen LogP contribution is -2.25. The van der Waals surface area contributed by atoms with Gasteiger partial charge in [0.2, 0.25) is 5.78 Å². The van der Waals surface area contributed by atoms with Gasteiger partial charge in [0.1, 0.15) is 5.69 Å². The summed E-state index contributed by atoms with van der Waals surface area (Å²) in [6.45, 7) is 10.6. The monoisotopic (exact) mass is 408 g/mol. The van der Waals surface area contributed by atoms with E-state index in [9.17, 15) is 14.7 Å². The molecule has 2 heterocycles. The van der Waals surface area contributed by atoms with Crippen molar-refractivity contribution in [2.24, 2.45) is 0 Å². The van der Waals surface area contributed by atoms with Crippen LogP contribution in [0.4, 0.5) is 0 Å². The molecule has 158 valence electrons. The molecule has 30 heavy (non-hydrogen) atoms. The largest absolute Gasteiger partial charge is 0.450 e. The number of carbonyl (C=O) groups excluding carboxylic acids is 2. The number of nitrogens with zero attached hydrogens (tertiary/aromatic N) is 1. The van der Waals surface area contributed by atoms with E-state index in [1.807, 2.05) is 54.8 Å². The lowest BCUT2D eigenvalue weighted by atomic mass is 10.1. The number of carbonyl (C=O) groups is 2. The quantitative estimate of drug-likeness (QED) is 0.464. The average Bonchev–Trinajstić information content (AvgIpc) is 3.16. The first-order valence-corrected chi connectivity index (χ1v) is 10.00. The van der Waals surface area contributed by atoms with Gasteiger partial charge in [0, 0.05) is 33.9 Å². The van der Waals surface area contributed by atoms with Crippen LogP contribution in [-0.4, -0.2) is 32.5 Å². The standard InChI is InChI=1S/C24H28N2O4/c1-13-12-20(16(4)26(13)19-10-8-7-9-11-19)23(28)18(6)30-24(29)22-14(2)21(17(5)27)15(3)25-22/h7-12,17-18,25,27H,1-6H3/t17-,18+/m0/s1. The number of aliphatic hydroxyl groups excluding tert-OH is 1. The maximum absolute atomic E-state index is 13.1. The van der Waals surface area contributed by atoms with Crippen LogP contribution in [0.25, 0.3) is 5.69 Å². The van der Waals surface area contributed by atoms with Crippen molar-refractivity contribution in [3.8, 4) is 5.69 Å². The van der Waals surface area contributed by atoms with Crippen LogP contribution in [0.3, 0.4) is 0 Å². The fraction of sp³-hybridized carbons (Fsp3) is 0.333. The summed E-state index contributed by atoms with van der Waals surface area (Å²) in [7, 11) is 0. The van der Waals surface area contributed by atoms with Crippen molar-refractivity contribution in [1.82, 2.24) is 9.55 Å². The van der Waals surface area contributed by atoms with Gasteiger partial charge in [-0.1, -0.05) is 18.2 Å². The molecular weight excluding hydrogens is 380 g/mol. The molecule has 0 saturated heterocycles. The number of para-hydroxylation sites is 1. The highest BCUT2D eigenvalue weighted by Crippen LogP contribution is 2.26. The van der Waals surface area contributed by atoms with E-state index in [1.165, 1.54) is 0 Å². The first-order chi connectivity index (χ1) is 14.1. The number of aromatic nitrogens is 2. The van der Waals surface area contributed by atoms with Crippen LogP contribution in [0.15, 0.2) is 36.4 Å². The number of rotatable bonds is 6. The van der Waals surface area contributed by atoms with Crippen molar-refractivity contribution in [3.63, 3.8) is 0 Å². The minimum atomic E-state index is -0.944. The Morgan fingerprint density at radius 1 is 1.07 bits per heavy atom. The van der Waals surface area contributed by atoms with Crippen molar-refractivity contribution >= 4 is 11.8 Å². The first kappa shape index (κ1) is 21.6. The van der Waals surface area contributed by atoms with E-state index >= 15 is 0 Å². The van der Waals surface area contributed by atoms with Crippen LogP contribution in [0.2, 0.25) is 0 Å². The summed E-state index contributed by atoms with van der Waals surface area (Å²) in [4.78, 5) is 28.7. The third kappa shape index (κ3) is 3.83. The summed E-state index contributed by atoms with van der Waals surface area (Å²) in [5.74, 6) is -0.865. The zero-order valence-corrected chi connectivity index (χ0v) is 18.2. The fourth-order valence-electron chi connectivity index (χ4n) is 4.07. The van der Waals surface area contributed by atoms with E-state index < -0.39 is 18.2 Å². The Kier molecular flexibility index (Phi) is 5.99. The van der Waals surface area contributed by atoms with Gasteiger partial charge in [0.05, 0.1) is 6.10 Å². The van der Waals surface area contributed by atoms with E-state index in [0.717, 1.165) is 17.1 Å². The van der Waals surface area contributed by atoms with Crippen molar-refractivity contribution in [1.29, 1.82) is 0 Å². The SMILES string of the molecule is Cc1[nH]c(C(=O)O[C@H](C)C(=O)c2cc(C)n(-c3ccccc3)c2C)c(C)c1[C@H](C)O. The Bertz CT molecular complexity index is 1090. The number of benzene rings is 1. The van der Waals surface area contributed by atoms with E-state index in [-0.39, 0.29) is 11.5 Å². The highest BCUT2D eigenvalue weighted by atomic mass is 16.5. The predicted molar refractivity (Wildman–Crippen MR) is 115 cm³/mol. The topological polar surface area (TPSA) is 84.3 Å². The van der Waals surface area contributed by atoms with Crippen molar-refractivity contribution < 1.29 is 19.4 Å². The van der Waals surface area contributed by atoms with E-state index in [2.05, 4.69) is 4.98 Å². The Morgan fingerprint density at radius 3 is 2.27 bits per heavy atom. The third-order valence-electron chi connectivity index (χ3n) is 5.48. The maximum atomic E-state index is 13.1. The summed E-state index contributed by atoms with van der Waals surface area (Å²) in [5, 5.41) is 9.92. The number of hydrogen-bond acceptors (Lipinski definition) is 4. The normalized spacial score (nSPS) is 13.2. The zero-order chi connectivity index (χ0) is 22.2. The molecule has 3 rings (SSSR count). The Morgan fingerprint density at radius 2 is 1.70 bits per heavy atom. The summed E-state index contributed by atoms with van der Waals surface area (Å²) < 4.78 is 7.49. The number of H-pyrrole nitrogens is 1. The molecule has 0 aliphatic carbocycles. The molecule has 0 bridgehead atoms. The second-order valence-corrected chi connectivity index (χ2v) is 7.71. The van der Waals surface area contributed by atoms with Crippen LogP contribution in [0.1, 0.15) is 69.0 Å². The van der Waals surface area contributed by atoms with Gasteiger partial charge in [-0.05, 0) is 65.3 Å². The molecule has 6 heteroatoms. The minimum Gasteiger partial charge on any atom is -0.450 e. The summed E-state index contributed by atoms with van der Waals surface area (Å²) >= 11 is 0. The molecule has 0 spiro atoms. The smallest absolute Gasteiger partial charge is 0.355 e. The number of aryl methyl sites for hydroxylation is 2. The van der Waals surface area contributed by atoms with Gasteiger partial charge in [-0.3, -0.25) is 4.79 Å². The number of esters is 1. The van der Waals surface area contributed by atoms with Gasteiger partial charge >= 0.3 is 5.97 Å². The third-order valence-corrected chi connectivity index (χ3v) is 5.48. The maximum Gasteiger partial charge on any atom is 0.355 e. The number of ether oxygens (including phenoxy) is 1. The van der Waals surface area contributed by atoms with Crippen molar-refractivity contribution in [2.75, 3.05) is 0 Å². The van der Waals surface area contributed by atoms with Crippen LogP contribution < -0.4 is 0 Å². The molecule has 2 N–H and O–H groups in total. The Hall–Kier alpha value is -3.12. The van der Waals surface area contributed by atoms with Gasteiger partial charge in [-0.15, -0.1) is 0 Å². The van der Waals surface area contributed by atoms with E-state index in [1.54, 1.807) is 27.7 Å². The highest BCUT2D eigenvalue weighted by molar-refractivity contribution is 6.02. The predicted octanol–water partition coefficient (Wildman–Crippen LogP) is 4.52. The molecule has 2 atom stereocenters. The number of Topliss-reactive ketones (excluding diaryl/α,β-unsaturated/α-hetero) is 1. The second-order valence-electron chi connectivity index (χ2n) is 7.71. The average molecular weight is 408 g/mol. The Balaban J connectivity index is 1.84. The van der Waals surface area contributed by atoms with Crippen molar-refractivity contribution in [3.05, 3.63) is 75.9 Å². The molecule has 0 unspecified atom stereocenters. The van der Waals surface area contributed by atoms with E-state index in [4.69, 9.17) is 4.74 Å². The van der Waals surface area contributed by atoms with Crippen LogP contribution in [0.5, 0.6) is 0 Å². The summed E-state index contributed by atoms with van der Waals surface area (Å²) in [6, 6.07) is 11.6. The molecule has 0 amide bonds. The molecule has 0 saturated carbocycles. The first-order valence-electron chi connectivity index (χ1n) is 10.00. The van der Waals surface area contributed by atoms with Crippen LogP contribution in [-0.2, 0) is 4.74 Å². The van der Waals surface area contributed by atoms with Crippen LogP contribution >= 0.6 is 0 Å². The Labute approximate surface area is 176 Å². The van der Waals surface area contributed by atoms with E-state index in [0.29, 0.717) is 22.4 Å². The number of ketones is 1. The zero-order valence-electron chi connectivity index (χ0n) is 18.2. The lowest BCUT2D eigenvalue weighted by Gasteiger charge is -2.13. The molecule has 0 radical (unpaired) electrons. The molecule has 0 aliphatic heterocycles. The second kappa shape index (κ2) is 8.32. The van der Waals surface area contributed by atoms with Gasteiger partial charge in [0.25, 0.3) is 0 Å². The fourth-order valence-corrected chi connectivity index (χ4v) is 4.07. The number of hydrogen-bond donors (Lipinski definition) is 2. The molecule has 3 aromatic rings. The molecule has 6 nitrogen and oxygen atoms in total.